The standard InChI is InChI=1S/C16H13BrO4/c17-14-7-5-12(6-8-14)10-21-16(19)11-20-15-4-2-1-3-13(15)9-18/h1-9H,10-11H2. The molecule has 0 spiro atoms. The molecule has 4 nitrogen and oxygen atoms in total. The molecule has 0 heterocycles. The van der Waals surface area contributed by atoms with Gasteiger partial charge in [0.1, 0.15) is 12.4 Å². The summed E-state index contributed by atoms with van der Waals surface area (Å²) in [5.41, 5.74) is 1.29. The van der Waals surface area contributed by atoms with E-state index in [0.29, 0.717) is 17.6 Å². The minimum atomic E-state index is -0.487. The molecule has 2 aromatic rings. The second-order valence-corrected chi connectivity index (χ2v) is 5.15. The van der Waals surface area contributed by atoms with Gasteiger partial charge in [-0.3, -0.25) is 4.79 Å². The lowest BCUT2D eigenvalue weighted by atomic mass is 10.2. The van der Waals surface area contributed by atoms with Crippen LogP contribution in [0.3, 0.4) is 0 Å². The van der Waals surface area contributed by atoms with E-state index < -0.39 is 5.97 Å². The number of carbonyl (C=O) groups is 2. The van der Waals surface area contributed by atoms with Crippen LogP contribution in [0.15, 0.2) is 53.0 Å². The molecule has 0 bridgehead atoms. The normalized spacial score (nSPS) is 9.95. The number of para-hydroxylation sites is 1. The van der Waals surface area contributed by atoms with Crippen LogP contribution in [-0.4, -0.2) is 18.9 Å². The average molecular weight is 349 g/mol. The largest absolute Gasteiger partial charge is 0.481 e. The highest BCUT2D eigenvalue weighted by Crippen LogP contribution is 2.15. The summed E-state index contributed by atoms with van der Waals surface area (Å²) in [6.45, 7) is -0.0494. The highest BCUT2D eigenvalue weighted by Gasteiger charge is 2.07. The zero-order chi connectivity index (χ0) is 15.1. The lowest BCUT2D eigenvalue weighted by Crippen LogP contribution is -2.15. The van der Waals surface area contributed by atoms with Crippen molar-refractivity contribution in [3.8, 4) is 5.75 Å². The third-order valence-corrected chi connectivity index (χ3v) is 3.23. The van der Waals surface area contributed by atoms with Crippen LogP contribution in [0.25, 0.3) is 0 Å². The Balaban J connectivity index is 1.82. The maximum absolute atomic E-state index is 11.6. The Hall–Kier alpha value is -2.14. The number of hydrogen-bond donors (Lipinski definition) is 0. The van der Waals surface area contributed by atoms with Crippen LogP contribution in [0, 0.1) is 0 Å². The third-order valence-electron chi connectivity index (χ3n) is 2.70. The Labute approximate surface area is 130 Å². The Morgan fingerprint density at radius 2 is 1.81 bits per heavy atom. The zero-order valence-electron chi connectivity index (χ0n) is 11.1. The predicted octanol–water partition coefficient (Wildman–Crippen LogP) is 3.38. The Morgan fingerprint density at radius 3 is 2.52 bits per heavy atom. The van der Waals surface area contributed by atoms with E-state index in [1.54, 1.807) is 24.3 Å². The van der Waals surface area contributed by atoms with E-state index in [2.05, 4.69) is 15.9 Å². The maximum Gasteiger partial charge on any atom is 0.344 e. The van der Waals surface area contributed by atoms with Crippen LogP contribution >= 0.6 is 15.9 Å². The van der Waals surface area contributed by atoms with E-state index in [1.807, 2.05) is 24.3 Å². The van der Waals surface area contributed by atoms with Gasteiger partial charge in [-0.2, -0.15) is 0 Å². The summed E-state index contributed by atoms with van der Waals surface area (Å²) in [7, 11) is 0. The van der Waals surface area contributed by atoms with E-state index in [0.717, 1.165) is 10.0 Å². The second-order valence-electron chi connectivity index (χ2n) is 4.23. The van der Waals surface area contributed by atoms with Gasteiger partial charge in [-0.05, 0) is 29.8 Å². The molecule has 21 heavy (non-hydrogen) atoms. The van der Waals surface area contributed by atoms with Crippen molar-refractivity contribution in [2.75, 3.05) is 6.61 Å². The lowest BCUT2D eigenvalue weighted by molar-refractivity contribution is -0.147. The van der Waals surface area contributed by atoms with Gasteiger partial charge >= 0.3 is 5.97 Å². The first-order valence-corrected chi connectivity index (χ1v) is 7.05. The summed E-state index contributed by atoms with van der Waals surface area (Å²) in [5, 5.41) is 0. The van der Waals surface area contributed by atoms with E-state index >= 15 is 0 Å². The predicted molar refractivity (Wildman–Crippen MR) is 81.3 cm³/mol. The van der Waals surface area contributed by atoms with Gasteiger partial charge in [0.25, 0.3) is 0 Å². The van der Waals surface area contributed by atoms with Crippen molar-refractivity contribution >= 4 is 28.2 Å². The van der Waals surface area contributed by atoms with E-state index in [4.69, 9.17) is 9.47 Å². The van der Waals surface area contributed by atoms with Crippen LogP contribution in [0.2, 0.25) is 0 Å². The molecule has 0 N–H and O–H groups in total. The molecule has 0 amide bonds. The highest BCUT2D eigenvalue weighted by atomic mass is 79.9. The zero-order valence-corrected chi connectivity index (χ0v) is 12.7. The molecular weight excluding hydrogens is 336 g/mol. The third kappa shape index (κ3) is 4.72. The molecule has 108 valence electrons. The topological polar surface area (TPSA) is 52.6 Å². The minimum Gasteiger partial charge on any atom is -0.481 e. The van der Waals surface area contributed by atoms with Crippen LogP contribution in [0.5, 0.6) is 5.75 Å². The summed E-state index contributed by atoms with van der Waals surface area (Å²) >= 11 is 3.33. The van der Waals surface area contributed by atoms with Crippen LogP contribution in [-0.2, 0) is 16.1 Å². The number of hydrogen-bond acceptors (Lipinski definition) is 4. The van der Waals surface area contributed by atoms with E-state index in [-0.39, 0.29) is 13.2 Å². The maximum atomic E-state index is 11.6. The Kier molecular flexibility index (Phi) is 5.51. The summed E-state index contributed by atoms with van der Waals surface area (Å²) < 4.78 is 11.3. The van der Waals surface area contributed by atoms with Gasteiger partial charge in [-0.1, -0.05) is 40.2 Å². The Bertz CT molecular complexity index is 622. The molecule has 0 aromatic heterocycles. The SMILES string of the molecule is O=Cc1ccccc1OCC(=O)OCc1ccc(Br)cc1. The van der Waals surface area contributed by atoms with Crippen LogP contribution in [0.1, 0.15) is 15.9 Å². The molecule has 0 radical (unpaired) electrons. The molecule has 2 rings (SSSR count). The number of aldehydes is 1. The quantitative estimate of drug-likeness (QED) is 0.593. The van der Waals surface area contributed by atoms with Gasteiger partial charge < -0.3 is 9.47 Å². The minimum absolute atomic E-state index is 0.185. The number of carbonyl (C=O) groups excluding carboxylic acids is 2. The van der Waals surface area contributed by atoms with Gasteiger partial charge in [-0.25, -0.2) is 4.79 Å². The molecule has 0 unspecified atom stereocenters. The van der Waals surface area contributed by atoms with Crippen molar-refractivity contribution in [3.05, 3.63) is 64.1 Å². The molecule has 0 atom stereocenters. The first kappa shape index (κ1) is 15.3. The molecule has 0 aliphatic heterocycles. The lowest BCUT2D eigenvalue weighted by Gasteiger charge is -2.08. The number of benzene rings is 2. The molecule has 0 saturated carbocycles. The van der Waals surface area contributed by atoms with Crippen LogP contribution < -0.4 is 4.74 Å². The monoisotopic (exact) mass is 348 g/mol. The van der Waals surface area contributed by atoms with Gasteiger partial charge in [0, 0.05) is 4.47 Å². The number of halogens is 1. The molecule has 0 saturated heterocycles. The van der Waals surface area contributed by atoms with Crippen molar-refractivity contribution in [2.45, 2.75) is 6.61 Å². The average Bonchev–Trinajstić information content (AvgIpc) is 2.52. The molecule has 0 aliphatic carbocycles. The van der Waals surface area contributed by atoms with Gasteiger partial charge in [-0.15, -0.1) is 0 Å². The first-order chi connectivity index (χ1) is 10.2. The first-order valence-electron chi connectivity index (χ1n) is 6.26. The molecule has 0 aliphatic rings. The Morgan fingerprint density at radius 1 is 1.10 bits per heavy atom. The van der Waals surface area contributed by atoms with Crippen molar-refractivity contribution in [2.24, 2.45) is 0 Å². The molecule has 0 fully saturated rings. The smallest absolute Gasteiger partial charge is 0.344 e. The van der Waals surface area contributed by atoms with Gasteiger partial charge in [0.05, 0.1) is 5.56 Å². The molecule has 5 heteroatoms. The number of ether oxygens (including phenoxy) is 2. The van der Waals surface area contributed by atoms with Crippen LogP contribution in [0.4, 0.5) is 0 Å². The fourth-order valence-corrected chi connectivity index (χ4v) is 1.90. The summed E-state index contributed by atoms with van der Waals surface area (Å²) in [4.78, 5) is 22.4. The van der Waals surface area contributed by atoms with Crippen molar-refractivity contribution < 1.29 is 19.1 Å². The number of rotatable bonds is 6. The van der Waals surface area contributed by atoms with Crippen molar-refractivity contribution in [1.29, 1.82) is 0 Å². The second kappa shape index (κ2) is 7.59. The van der Waals surface area contributed by atoms with E-state index in [1.165, 1.54) is 0 Å². The van der Waals surface area contributed by atoms with E-state index in [9.17, 15) is 9.59 Å². The van der Waals surface area contributed by atoms with Crippen molar-refractivity contribution in [3.63, 3.8) is 0 Å². The van der Waals surface area contributed by atoms with Crippen molar-refractivity contribution in [1.82, 2.24) is 0 Å². The fourth-order valence-electron chi connectivity index (χ4n) is 1.63. The summed E-state index contributed by atoms with van der Waals surface area (Å²) in [6.07, 6.45) is 0.683. The van der Waals surface area contributed by atoms with Gasteiger partial charge in [0.15, 0.2) is 12.9 Å². The fraction of sp³-hybridized carbons (Fsp3) is 0.125. The summed E-state index contributed by atoms with van der Waals surface area (Å²) in [6, 6.07) is 14.2. The van der Waals surface area contributed by atoms with Gasteiger partial charge in [0.2, 0.25) is 0 Å². The highest BCUT2D eigenvalue weighted by molar-refractivity contribution is 9.10. The summed E-state index contributed by atoms with van der Waals surface area (Å²) in [5.74, 6) is -0.119. The molecule has 2 aromatic carbocycles. The number of esters is 1. The molecular formula is C16H13BrO4.